The minimum absolute atomic E-state index is 0.142. The maximum absolute atomic E-state index is 11.7. The molecule has 7 nitrogen and oxygen atoms in total. The number of rotatable bonds is 2. The van der Waals surface area contributed by atoms with Crippen LogP contribution in [0.2, 0.25) is 0 Å². The molecular weight excluding hydrogens is 377 g/mol. The summed E-state index contributed by atoms with van der Waals surface area (Å²) in [5.41, 5.74) is 0. The molecular formula is C12H14IN3O4. The van der Waals surface area contributed by atoms with E-state index < -0.39 is 11.8 Å². The van der Waals surface area contributed by atoms with Crippen molar-refractivity contribution in [1.82, 2.24) is 14.8 Å². The fourth-order valence-electron chi connectivity index (χ4n) is 2.55. The predicted molar refractivity (Wildman–Crippen MR) is 76.3 cm³/mol. The third-order valence-corrected chi connectivity index (χ3v) is 4.28. The molecule has 0 unspecified atom stereocenters. The van der Waals surface area contributed by atoms with Crippen LogP contribution in [0.3, 0.4) is 0 Å². The van der Waals surface area contributed by atoms with E-state index in [2.05, 4.69) is 32.7 Å². The van der Waals surface area contributed by atoms with Gasteiger partial charge in [0.25, 0.3) is 0 Å². The van der Waals surface area contributed by atoms with Gasteiger partial charge in [-0.05, 0) is 42.5 Å². The lowest BCUT2D eigenvalue weighted by atomic mass is 10.2. The highest BCUT2D eigenvalue weighted by Crippen LogP contribution is 2.45. The molecule has 3 rings (SSSR count). The van der Waals surface area contributed by atoms with E-state index in [0.717, 1.165) is 3.58 Å². The van der Waals surface area contributed by atoms with E-state index in [0.29, 0.717) is 0 Å². The van der Waals surface area contributed by atoms with Crippen LogP contribution < -0.4 is 0 Å². The number of aromatic nitrogens is 3. The number of esters is 1. The van der Waals surface area contributed by atoms with Crippen LogP contribution in [0.1, 0.15) is 30.5 Å². The summed E-state index contributed by atoms with van der Waals surface area (Å²) in [6.07, 6.45) is 2.97. The van der Waals surface area contributed by atoms with Crippen molar-refractivity contribution in [3.05, 3.63) is 21.8 Å². The molecule has 1 aromatic heterocycles. The Balaban J connectivity index is 1.97. The van der Waals surface area contributed by atoms with Crippen LogP contribution in [0.25, 0.3) is 0 Å². The molecule has 1 saturated heterocycles. The standard InChI is InChI=1S/C12H14IN3O4/c1-12(2)19-7-4-6(13)8(9(7)20-12)16-10(11(17)18-3)14-5-15-16/h4-5,7-9H,1-3H3/t7-,8-,9-/m1/s1. The summed E-state index contributed by atoms with van der Waals surface area (Å²) in [5, 5.41) is 4.15. The Labute approximate surface area is 129 Å². The number of fused-ring (bicyclic) bond motifs is 1. The number of carbonyl (C=O) groups excluding carboxylic acids is 1. The Hall–Kier alpha value is -1.00. The number of hydrogen-bond acceptors (Lipinski definition) is 6. The van der Waals surface area contributed by atoms with E-state index in [9.17, 15) is 4.79 Å². The molecule has 0 saturated carbocycles. The maximum Gasteiger partial charge on any atom is 0.375 e. The number of ether oxygens (including phenoxy) is 3. The first kappa shape index (κ1) is 14.0. The fourth-order valence-corrected chi connectivity index (χ4v) is 3.52. The highest BCUT2D eigenvalue weighted by molar-refractivity contribution is 14.1. The largest absolute Gasteiger partial charge is 0.463 e. The molecule has 0 N–H and O–H groups in total. The second-order valence-electron chi connectivity index (χ2n) is 5.08. The number of methoxy groups -OCH3 is 1. The van der Waals surface area contributed by atoms with Gasteiger partial charge in [0.2, 0.25) is 5.82 Å². The van der Waals surface area contributed by atoms with Gasteiger partial charge in [-0.3, -0.25) is 0 Å². The SMILES string of the molecule is COC(=O)c1ncnn1[C@@H]1C(I)=C[C@H]2OC(C)(C)O[C@@H]12. The van der Waals surface area contributed by atoms with Crippen molar-refractivity contribution in [2.45, 2.75) is 37.9 Å². The van der Waals surface area contributed by atoms with Crippen molar-refractivity contribution in [1.29, 1.82) is 0 Å². The minimum atomic E-state index is -0.645. The van der Waals surface area contributed by atoms with Gasteiger partial charge in [0.1, 0.15) is 24.6 Å². The minimum Gasteiger partial charge on any atom is -0.463 e. The normalized spacial score (nSPS) is 31.0. The van der Waals surface area contributed by atoms with Gasteiger partial charge in [-0.25, -0.2) is 14.5 Å². The average molecular weight is 391 g/mol. The fraction of sp³-hybridized carbons (Fsp3) is 0.583. The van der Waals surface area contributed by atoms with Crippen LogP contribution in [0.15, 0.2) is 16.0 Å². The predicted octanol–water partition coefficient (Wildman–Crippen LogP) is 1.46. The van der Waals surface area contributed by atoms with Crippen LogP contribution in [0, 0.1) is 0 Å². The molecule has 3 atom stereocenters. The van der Waals surface area contributed by atoms with E-state index in [1.165, 1.54) is 13.4 Å². The molecule has 1 aromatic rings. The Bertz CT molecular complexity index is 583. The molecule has 20 heavy (non-hydrogen) atoms. The van der Waals surface area contributed by atoms with Crippen LogP contribution in [0.4, 0.5) is 0 Å². The van der Waals surface area contributed by atoms with Crippen molar-refractivity contribution in [2.24, 2.45) is 0 Å². The van der Waals surface area contributed by atoms with Crippen molar-refractivity contribution >= 4 is 28.6 Å². The Morgan fingerprint density at radius 1 is 1.50 bits per heavy atom. The molecule has 1 fully saturated rings. The lowest BCUT2D eigenvalue weighted by Gasteiger charge is -2.23. The summed E-state index contributed by atoms with van der Waals surface area (Å²) in [6, 6.07) is -0.223. The van der Waals surface area contributed by atoms with Crippen molar-refractivity contribution < 1.29 is 19.0 Å². The van der Waals surface area contributed by atoms with Crippen LogP contribution in [0.5, 0.6) is 0 Å². The first-order valence-electron chi connectivity index (χ1n) is 6.13. The molecule has 0 amide bonds. The van der Waals surface area contributed by atoms with Crippen molar-refractivity contribution in [3.63, 3.8) is 0 Å². The molecule has 2 heterocycles. The molecule has 108 valence electrons. The lowest BCUT2D eigenvalue weighted by molar-refractivity contribution is -0.147. The molecule has 0 bridgehead atoms. The summed E-state index contributed by atoms with van der Waals surface area (Å²) >= 11 is 2.21. The maximum atomic E-state index is 11.7. The highest BCUT2D eigenvalue weighted by atomic mass is 127. The molecule has 0 radical (unpaired) electrons. The topological polar surface area (TPSA) is 75.5 Å². The van der Waals surface area contributed by atoms with Crippen molar-refractivity contribution in [2.75, 3.05) is 7.11 Å². The summed E-state index contributed by atoms with van der Waals surface area (Å²) in [5.74, 6) is -1.00. The summed E-state index contributed by atoms with van der Waals surface area (Å²) in [4.78, 5) is 15.7. The van der Waals surface area contributed by atoms with Gasteiger partial charge in [0.15, 0.2) is 5.79 Å². The Morgan fingerprint density at radius 3 is 2.95 bits per heavy atom. The van der Waals surface area contributed by atoms with E-state index in [4.69, 9.17) is 14.2 Å². The van der Waals surface area contributed by atoms with Gasteiger partial charge >= 0.3 is 5.97 Å². The molecule has 1 aliphatic heterocycles. The lowest BCUT2D eigenvalue weighted by Crippen LogP contribution is -2.31. The molecule has 1 aliphatic carbocycles. The first-order valence-corrected chi connectivity index (χ1v) is 7.21. The van der Waals surface area contributed by atoms with Gasteiger partial charge in [-0.2, -0.15) is 5.10 Å². The summed E-state index contributed by atoms with van der Waals surface area (Å²) in [7, 11) is 1.32. The number of halogens is 1. The highest BCUT2D eigenvalue weighted by Gasteiger charge is 2.50. The van der Waals surface area contributed by atoms with Crippen molar-refractivity contribution in [3.8, 4) is 0 Å². The molecule has 0 aromatic carbocycles. The van der Waals surface area contributed by atoms with Crippen LogP contribution >= 0.6 is 22.6 Å². The third kappa shape index (κ3) is 2.15. The average Bonchev–Trinajstić information content (AvgIpc) is 3.00. The summed E-state index contributed by atoms with van der Waals surface area (Å²) < 4.78 is 19.0. The summed E-state index contributed by atoms with van der Waals surface area (Å²) in [6.45, 7) is 3.73. The quantitative estimate of drug-likeness (QED) is 0.562. The number of nitrogens with zero attached hydrogens (tertiary/aromatic N) is 3. The third-order valence-electron chi connectivity index (χ3n) is 3.29. The van der Waals surface area contributed by atoms with E-state index in [1.807, 2.05) is 19.9 Å². The van der Waals surface area contributed by atoms with E-state index in [-0.39, 0.29) is 24.1 Å². The smallest absolute Gasteiger partial charge is 0.375 e. The van der Waals surface area contributed by atoms with Gasteiger partial charge in [-0.15, -0.1) is 0 Å². The number of hydrogen-bond donors (Lipinski definition) is 0. The van der Waals surface area contributed by atoms with E-state index >= 15 is 0 Å². The molecule has 8 heteroatoms. The Morgan fingerprint density at radius 2 is 2.25 bits per heavy atom. The van der Waals surface area contributed by atoms with Gasteiger partial charge in [0, 0.05) is 3.58 Å². The van der Waals surface area contributed by atoms with Gasteiger partial charge in [-0.1, -0.05) is 0 Å². The first-order chi connectivity index (χ1) is 9.43. The number of carbonyl (C=O) groups is 1. The van der Waals surface area contributed by atoms with Gasteiger partial charge in [0.05, 0.1) is 7.11 Å². The zero-order chi connectivity index (χ0) is 14.5. The van der Waals surface area contributed by atoms with Gasteiger partial charge < -0.3 is 14.2 Å². The van der Waals surface area contributed by atoms with E-state index in [1.54, 1.807) is 4.68 Å². The second-order valence-corrected chi connectivity index (χ2v) is 6.33. The van der Waals surface area contributed by atoms with Crippen LogP contribution in [-0.2, 0) is 14.2 Å². The second kappa shape index (κ2) is 4.78. The van der Waals surface area contributed by atoms with Crippen LogP contribution in [-0.4, -0.2) is 45.8 Å². The molecule has 2 aliphatic rings. The molecule has 0 spiro atoms. The zero-order valence-electron chi connectivity index (χ0n) is 11.2. The zero-order valence-corrected chi connectivity index (χ0v) is 13.4. The Kier molecular flexibility index (Phi) is 3.33. The monoisotopic (exact) mass is 391 g/mol.